The molecule has 238 valence electrons. The number of rotatable bonds is 10. The summed E-state index contributed by atoms with van der Waals surface area (Å²) in [7, 11) is 1.58. The van der Waals surface area contributed by atoms with E-state index in [1.807, 2.05) is 39.0 Å². The van der Waals surface area contributed by atoms with Crippen LogP contribution in [0.1, 0.15) is 60.8 Å². The third kappa shape index (κ3) is 6.97. The van der Waals surface area contributed by atoms with Crippen molar-refractivity contribution in [2.24, 2.45) is 17.3 Å². The number of fused-ring (bicyclic) bond motifs is 1. The van der Waals surface area contributed by atoms with Crippen LogP contribution in [0.4, 0.5) is 0 Å². The smallest absolute Gasteiger partial charge is 0.330 e. The van der Waals surface area contributed by atoms with Crippen LogP contribution in [-0.2, 0) is 23.9 Å². The van der Waals surface area contributed by atoms with Gasteiger partial charge in [-0.2, -0.15) is 0 Å². The molecule has 1 aromatic carbocycles. The second-order valence-corrected chi connectivity index (χ2v) is 13.7. The molecule has 1 aliphatic carbocycles. The van der Waals surface area contributed by atoms with Crippen LogP contribution in [0.25, 0.3) is 10.8 Å². The largest absolute Gasteiger partial charge is 0.497 e. The van der Waals surface area contributed by atoms with Crippen molar-refractivity contribution in [3.63, 3.8) is 0 Å². The lowest BCUT2D eigenvalue weighted by atomic mass is 9.77. The molecule has 0 unspecified atom stereocenters. The van der Waals surface area contributed by atoms with Gasteiger partial charge in [-0.15, -0.1) is 6.58 Å². The second kappa shape index (κ2) is 12.1. The normalized spacial score (nSPS) is 23.9. The number of carboxylic acids is 1. The molecule has 1 saturated carbocycles. The van der Waals surface area contributed by atoms with Crippen molar-refractivity contribution >= 4 is 34.5 Å². The van der Waals surface area contributed by atoms with Crippen molar-refractivity contribution in [3.8, 4) is 11.6 Å². The average Bonchev–Trinajstić information content (AvgIpc) is 3.49. The summed E-state index contributed by atoms with van der Waals surface area (Å²) < 4.78 is 17.2. The SMILES string of the molecule is C=C[C@@H]1C[C@]1(NC(=O)[C@@H]1C[C@@H](Oc2nccc3cc(OC)ccc23)CN1C(=O)[C@@H](CC(=O)OC(C)(C)C)C(C)(C)C)C(=O)O. The molecule has 2 N–H and O–H groups in total. The molecule has 2 fully saturated rings. The molecular formula is C33H43N3O8. The monoisotopic (exact) mass is 609 g/mol. The number of benzene rings is 1. The van der Waals surface area contributed by atoms with E-state index in [0.717, 1.165) is 10.8 Å². The lowest BCUT2D eigenvalue weighted by Gasteiger charge is -2.35. The van der Waals surface area contributed by atoms with E-state index in [0.29, 0.717) is 11.6 Å². The summed E-state index contributed by atoms with van der Waals surface area (Å²) in [5.41, 5.74) is -2.86. The van der Waals surface area contributed by atoms with Gasteiger partial charge < -0.3 is 29.5 Å². The number of amides is 2. The highest BCUT2D eigenvalue weighted by atomic mass is 16.6. The number of carbonyl (C=O) groups is 4. The summed E-state index contributed by atoms with van der Waals surface area (Å²) in [5.74, 6) is -2.92. The minimum atomic E-state index is -1.47. The topological polar surface area (TPSA) is 144 Å². The Bertz CT molecular complexity index is 1460. The Labute approximate surface area is 257 Å². The molecule has 4 rings (SSSR count). The van der Waals surface area contributed by atoms with Crippen molar-refractivity contribution in [3.05, 3.63) is 43.1 Å². The molecule has 0 bridgehead atoms. The molecule has 2 heterocycles. The molecule has 11 nitrogen and oxygen atoms in total. The molecule has 2 aromatic rings. The predicted molar refractivity (Wildman–Crippen MR) is 163 cm³/mol. The number of ether oxygens (including phenoxy) is 3. The lowest BCUT2D eigenvalue weighted by molar-refractivity contribution is -0.161. The maximum atomic E-state index is 14.2. The minimum Gasteiger partial charge on any atom is -0.497 e. The zero-order chi connectivity index (χ0) is 32.6. The number of aromatic nitrogens is 1. The number of carboxylic acid groups (broad SMARTS) is 1. The van der Waals surface area contributed by atoms with E-state index >= 15 is 0 Å². The Balaban J connectivity index is 1.65. The van der Waals surface area contributed by atoms with Gasteiger partial charge in [0.2, 0.25) is 17.7 Å². The molecule has 1 aliphatic heterocycles. The summed E-state index contributed by atoms with van der Waals surface area (Å²) in [6.45, 7) is 14.6. The standard InChI is InChI=1S/C33H43N3O8/c1-9-20-17-33(20,30(40)41)35-27(38)25-15-22(43-28-23-11-10-21(42-8)14-19(23)12-13-34-28)18-36(25)29(39)24(31(2,3)4)16-26(37)44-32(5,6)7/h9-14,20,22,24-25H,1,15-18H2,2-8H3,(H,35,38)(H,40,41)/t20-,22-,24-,25+,33-/m1/s1. The van der Waals surface area contributed by atoms with E-state index in [1.165, 1.54) is 11.0 Å². The summed E-state index contributed by atoms with van der Waals surface area (Å²) in [4.78, 5) is 58.8. The molecular weight excluding hydrogens is 566 g/mol. The fraction of sp³-hybridized carbons (Fsp3) is 0.545. The zero-order valence-corrected chi connectivity index (χ0v) is 26.5. The number of nitrogens with zero attached hydrogens (tertiary/aromatic N) is 2. The van der Waals surface area contributed by atoms with E-state index < -0.39 is 64.3 Å². The molecule has 44 heavy (non-hydrogen) atoms. The van der Waals surface area contributed by atoms with Crippen molar-refractivity contribution in [2.45, 2.75) is 84.1 Å². The van der Waals surface area contributed by atoms with E-state index in [4.69, 9.17) is 14.2 Å². The Morgan fingerprint density at radius 2 is 1.89 bits per heavy atom. The van der Waals surface area contributed by atoms with Crippen LogP contribution >= 0.6 is 0 Å². The van der Waals surface area contributed by atoms with Gasteiger partial charge in [0.25, 0.3) is 0 Å². The third-order valence-electron chi connectivity index (χ3n) is 8.22. The van der Waals surface area contributed by atoms with Gasteiger partial charge in [0.15, 0.2) is 0 Å². The average molecular weight is 610 g/mol. The number of pyridine rings is 1. The Morgan fingerprint density at radius 3 is 2.45 bits per heavy atom. The molecule has 0 spiro atoms. The van der Waals surface area contributed by atoms with Gasteiger partial charge in [0.05, 0.1) is 26.0 Å². The Kier molecular flexibility index (Phi) is 9.00. The van der Waals surface area contributed by atoms with Crippen LogP contribution in [0.2, 0.25) is 0 Å². The Morgan fingerprint density at radius 1 is 1.18 bits per heavy atom. The van der Waals surface area contributed by atoms with Gasteiger partial charge in [-0.3, -0.25) is 14.4 Å². The Hall–Kier alpha value is -4.15. The highest BCUT2D eigenvalue weighted by molar-refractivity contribution is 5.96. The first-order valence-corrected chi connectivity index (χ1v) is 14.8. The van der Waals surface area contributed by atoms with Crippen LogP contribution in [0, 0.1) is 17.3 Å². The third-order valence-corrected chi connectivity index (χ3v) is 8.22. The zero-order valence-electron chi connectivity index (χ0n) is 26.5. The van der Waals surface area contributed by atoms with Crippen LogP contribution in [0.3, 0.4) is 0 Å². The maximum Gasteiger partial charge on any atom is 0.330 e. The molecule has 1 aromatic heterocycles. The van der Waals surface area contributed by atoms with Crippen LogP contribution in [-0.4, -0.2) is 75.7 Å². The first-order chi connectivity index (χ1) is 20.5. The van der Waals surface area contributed by atoms with Crippen molar-refractivity contribution < 1.29 is 38.5 Å². The lowest BCUT2D eigenvalue weighted by Crippen LogP contribution is -2.54. The van der Waals surface area contributed by atoms with E-state index in [9.17, 15) is 24.3 Å². The van der Waals surface area contributed by atoms with Gasteiger partial charge in [-0.1, -0.05) is 26.8 Å². The number of likely N-dealkylation sites (tertiary alicyclic amines) is 1. The van der Waals surface area contributed by atoms with Gasteiger partial charge in [0.1, 0.15) is 29.0 Å². The predicted octanol–water partition coefficient (Wildman–Crippen LogP) is 4.13. The van der Waals surface area contributed by atoms with Crippen molar-refractivity contribution in [2.75, 3.05) is 13.7 Å². The quantitative estimate of drug-likeness (QED) is 0.300. The van der Waals surface area contributed by atoms with E-state index in [1.54, 1.807) is 40.1 Å². The fourth-order valence-electron chi connectivity index (χ4n) is 5.71. The second-order valence-electron chi connectivity index (χ2n) is 13.7. The van der Waals surface area contributed by atoms with Crippen molar-refractivity contribution in [1.29, 1.82) is 0 Å². The number of esters is 1. The van der Waals surface area contributed by atoms with E-state index in [2.05, 4.69) is 16.9 Å². The number of methoxy groups -OCH3 is 1. The first-order valence-electron chi connectivity index (χ1n) is 14.8. The molecule has 5 atom stereocenters. The van der Waals surface area contributed by atoms with Crippen LogP contribution in [0.5, 0.6) is 11.6 Å². The first kappa shape index (κ1) is 32.8. The van der Waals surface area contributed by atoms with Gasteiger partial charge in [0, 0.05) is 23.9 Å². The van der Waals surface area contributed by atoms with Crippen LogP contribution < -0.4 is 14.8 Å². The number of aliphatic carboxylic acids is 1. The molecule has 0 radical (unpaired) electrons. The number of carbonyl (C=O) groups excluding carboxylic acids is 3. The summed E-state index contributed by atoms with van der Waals surface area (Å²) in [6.07, 6.45) is 2.62. The van der Waals surface area contributed by atoms with Crippen LogP contribution in [0.15, 0.2) is 43.1 Å². The summed E-state index contributed by atoms with van der Waals surface area (Å²) in [5, 5.41) is 14.2. The molecule has 11 heteroatoms. The summed E-state index contributed by atoms with van der Waals surface area (Å²) in [6, 6.07) is 6.26. The molecule has 1 saturated heterocycles. The van der Waals surface area contributed by atoms with E-state index in [-0.39, 0.29) is 25.8 Å². The van der Waals surface area contributed by atoms with Gasteiger partial charge >= 0.3 is 11.9 Å². The molecule has 2 aliphatic rings. The minimum absolute atomic E-state index is 0.0387. The number of nitrogens with one attached hydrogen (secondary N) is 1. The highest BCUT2D eigenvalue weighted by Crippen LogP contribution is 2.45. The number of hydrogen-bond acceptors (Lipinski definition) is 8. The van der Waals surface area contributed by atoms with Gasteiger partial charge in [-0.05, 0) is 62.3 Å². The number of hydrogen-bond donors (Lipinski definition) is 2. The fourth-order valence-corrected chi connectivity index (χ4v) is 5.71. The maximum absolute atomic E-state index is 14.2. The highest BCUT2D eigenvalue weighted by Gasteiger charge is 2.61. The van der Waals surface area contributed by atoms with Gasteiger partial charge in [-0.25, -0.2) is 9.78 Å². The molecule has 2 amide bonds. The van der Waals surface area contributed by atoms with Crippen molar-refractivity contribution in [1.82, 2.24) is 15.2 Å². The summed E-state index contributed by atoms with van der Waals surface area (Å²) >= 11 is 0.